The van der Waals surface area contributed by atoms with E-state index in [-0.39, 0.29) is 24.5 Å². The minimum Gasteiger partial charge on any atom is -0.504 e. The number of aromatic hydroxyl groups is 1. The van der Waals surface area contributed by atoms with E-state index in [1.807, 2.05) is 0 Å². The summed E-state index contributed by atoms with van der Waals surface area (Å²) >= 11 is 5.84. The second kappa shape index (κ2) is 9.43. The molecule has 2 amide bonds. The van der Waals surface area contributed by atoms with E-state index >= 15 is 0 Å². The highest BCUT2D eigenvalue weighted by atomic mass is 35.5. The van der Waals surface area contributed by atoms with Crippen LogP contribution in [0.3, 0.4) is 0 Å². The van der Waals surface area contributed by atoms with E-state index < -0.39 is 5.91 Å². The van der Waals surface area contributed by atoms with Gasteiger partial charge in [0.05, 0.1) is 13.3 Å². The summed E-state index contributed by atoms with van der Waals surface area (Å²) < 4.78 is 4.98. The Morgan fingerprint density at radius 3 is 2.65 bits per heavy atom. The lowest BCUT2D eigenvalue weighted by molar-refractivity contribution is -0.124. The topological polar surface area (TPSA) is 100 Å². The van der Waals surface area contributed by atoms with Crippen LogP contribution < -0.4 is 15.5 Å². The highest BCUT2D eigenvalue weighted by molar-refractivity contribution is 6.30. The third-order valence-corrected chi connectivity index (χ3v) is 3.57. The molecule has 0 bridgehead atoms. The Kier molecular flexibility index (Phi) is 6.99. The number of hydrogen-bond acceptors (Lipinski definition) is 5. The molecule has 0 aromatic heterocycles. The number of nitrogens with zero attached hydrogens (tertiary/aromatic N) is 1. The van der Waals surface area contributed by atoms with Gasteiger partial charge in [0.15, 0.2) is 11.5 Å². The third-order valence-electron chi connectivity index (χ3n) is 3.33. The van der Waals surface area contributed by atoms with Crippen molar-refractivity contribution in [2.24, 2.45) is 5.10 Å². The summed E-state index contributed by atoms with van der Waals surface area (Å²) in [4.78, 5) is 23.6. The van der Waals surface area contributed by atoms with Crippen molar-refractivity contribution in [1.82, 2.24) is 5.43 Å². The van der Waals surface area contributed by atoms with Crippen LogP contribution in [-0.4, -0.2) is 30.2 Å². The molecule has 0 spiro atoms. The number of hydrazone groups is 1. The summed E-state index contributed by atoms with van der Waals surface area (Å²) in [6.07, 6.45) is 1.26. The predicted octanol–water partition coefficient (Wildman–Crippen LogP) is 2.92. The maximum absolute atomic E-state index is 11.8. The molecule has 2 aromatic carbocycles. The SMILES string of the molecule is COc1cccc(/C=N\NC(=O)CCC(=O)Nc2cccc(Cl)c2)c1O. The van der Waals surface area contributed by atoms with Gasteiger partial charge in [0.1, 0.15) is 0 Å². The molecule has 0 atom stereocenters. The molecule has 0 radical (unpaired) electrons. The van der Waals surface area contributed by atoms with E-state index in [1.54, 1.807) is 42.5 Å². The number of phenols is 1. The van der Waals surface area contributed by atoms with Crippen LogP contribution in [0.15, 0.2) is 47.6 Å². The van der Waals surface area contributed by atoms with E-state index in [1.165, 1.54) is 13.3 Å². The fourth-order valence-electron chi connectivity index (χ4n) is 2.05. The quantitative estimate of drug-likeness (QED) is 0.511. The summed E-state index contributed by atoms with van der Waals surface area (Å²) in [5, 5.41) is 16.8. The molecule has 0 saturated carbocycles. The van der Waals surface area contributed by atoms with E-state index in [0.717, 1.165) is 0 Å². The Bertz CT molecular complexity index is 824. The Labute approximate surface area is 155 Å². The highest BCUT2D eigenvalue weighted by Gasteiger charge is 2.08. The van der Waals surface area contributed by atoms with Gasteiger partial charge in [-0.1, -0.05) is 23.7 Å². The smallest absolute Gasteiger partial charge is 0.240 e. The Hall–Kier alpha value is -3.06. The lowest BCUT2D eigenvalue weighted by Gasteiger charge is -2.06. The van der Waals surface area contributed by atoms with Crippen molar-refractivity contribution in [1.29, 1.82) is 0 Å². The van der Waals surface area contributed by atoms with E-state index in [4.69, 9.17) is 16.3 Å². The zero-order valence-electron chi connectivity index (χ0n) is 14.0. The molecule has 2 rings (SSSR count). The average Bonchev–Trinajstić information content (AvgIpc) is 2.61. The first-order valence-corrected chi connectivity index (χ1v) is 8.10. The molecule has 8 heteroatoms. The second-order valence-corrected chi connectivity index (χ2v) is 5.69. The van der Waals surface area contributed by atoms with Crippen LogP contribution in [0.1, 0.15) is 18.4 Å². The molecule has 0 aliphatic heterocycles. The first kappa shape index (κ1) is 19.3. The van der Waals surface area contributed by atoms with Crippen molar-refractivity contribution in [3.05, 3.63) is 53.1 Å². The number of benzene rings is 2. The fraction of sp³-hybridized carbons (Fsp3) is 0.167. The Morgan fingerprint density at radius 1 is 1.19 bits per heavy atom. The fourth-order valence-corrected chi connectivity index (χ4v) is 2.24. The highest BCUT2D eigenvalue weighted by Crippen LogP contribution is 2.27. The van der Waals surface area contributed by atoms with Crippen molar-refractivity contribution in [3.8, 4) is 11.5 Å². The number of ether oxygens (including phenoxy) is 1. The Morgan fingerprint density at radius 2 is 1.92 bits per heavy atom. The molecule has 7 nitrogen and oxygen atoms in total. The molecule has 0 unspecified atom stereocenters. The molecular weight excluding hydrogens is 358 g/mol. The van der Waals surface area contributed by atoms with Crippen molar-refractivity contribution in [3.63, 3.8) is 0 Å². The van der Waals surface area contributed by atoms with Gasteiger partial charge in [0, 0.05) is 29.1 Å². The van der Waals surface area contributed by atoms with Gasteiger partial charge in [-0.3, -0.25) is 9.59 Å². The number of hydrogen-bond donors (Lipinski definition) is 3. The third kappa shape index (κ3) is 5.78. The van der Waals surface area contributed by atoms with Gasteiger partial charge in [-0.2, -0.15) is 5.10 Å². The van der Waals surface area contributed by atoms with Gasteiger partial charge >= 0.3 is 0 Å². The summed E-state index contributed by atoms with van der Waals surface area (Å²) in [5.41, 5.74) is 3.26. The first-order chi connectivity index (χ1) is 12.5. The standard InChI is InChI=1S/C18H18ClN3O4/c1-26-15-7-2-4-12(18(15)25)11-20-22-17(24)9-8-16(23)21-14-6-3-5-13(19)10-14/h2-7,10-11,25H,8-9H2,1H3,(H,21,23)(H,22,24)/b20-11-. The number of carbonyl (C=O) groups excluding carboxylic acids is 2. The van der Waals surface area contributed by atoms with Crippen LogP contribution in [0.4, 0.5) is 5.69 Å². The van der Waals surface area contributed by atoms with Gasteiger partial charge in [-0.25, -0.2) is 5.43 Å². The molecule has 0 heterocycles. The number of amides is 2. The monoisotopic (exact) mass is 375 g/mol. The van der Waals surface area contributed by atoms with Crippen LogP contribution >= 0.6 is 11.6 Å². The van der Waals surface area contributed by atoms with Crippen molar-refractivity contribution in [2.75, 3.05) is 12.4 Å². The lowest BCUT2D eigenvalue weighted by atomic mass is 10.2. The average molecular weight is 376 g/mol. The molecule has 0 aliphatic rings. The lowest BCUT2D eigenvalue weighted by Crippen LogP contribution is -2.20. The van der Waals surface area contributed by atoms with Crippen LogP contribution in [0.2, 0.25) is 5.02 Å². The molecule has 3 N–H and O–H groups in total. The maximum Gasteiger partial charge on any atom is 0.240 e. The van der Waals surface area contributed by atoms with Crippen LogP contribution in [0.25, 0.3) is 0 Å². The van der Waals surface area contributed by atoms with Gasteiger partial charge in [0.25, 0.3) is 0 Å². The van der Waals surface area contributed by atoms with Gasteiger partial charge in [-0.05, 0) is 30.3 Å². The first-order valence-electron chi connectivity index (χ1n) is 7.73. The molecule has 136 valence electrons. The molecule has 2 aromatic rings. The number of methoxy groups -OCH3 is 1. The van der Waals surface area contributed by atoms with E-state index in [0.29, 0.717) is 22.0 Å². The summed E-state index contributed by atoms with van der Waals surface area (Å²) in [7, 11) is 1.44. The molecular formula is C18H18ClN3O4. The van der Waals surface area contributed by atoms with Crippen molar-refractivity contribution >= 4 is 35.3 Å². The molecule has 0 fully saturated rings. The Balaban J connectivity index is 1.79. The second-order valence-electron chi connectivity index (χ2n) is 5.25. The van der Waals surface area contributed by atoms with Gasteiger partial charge in [-0.15, -0.1) is 0 Å². The number of para-hydroxylation sites is 1. The molecule has 26 heavy (non-hydrogen) atoms. The number of anilines is 1. The minimum absolute atomic E-state index is 0.00171. The summed E-state index contributed by atoms with van der Waals surface area (Å²) in [6.45, 7) is 0. The number of rotatable bonds is 7. The molecule has 0 saturated heterocycles. The number of halogens is 1. The number of nitrogens with one attached hydrogen (secondary N) is 2. The largest absolute Gasteiger partial charge is 0.504 e. The van der Waals surface area contributed by atoms with Crippen molar-refractivity contribution < 1.29 is 19.4 Å². The van der Waals surface area contributed by atoms with Crippen molar-refractivity contribution in [2.45, 2.75) is 12.8 Å². The number of phenolic OH excluding ortho intramolecular Hbond substituents is 1. The van der Waals surface area contributed by atoms with Gasteiger partial charge in [0.2, 0.25) is 11.8 Å². The summed E-state index contributed by atoms with van der Waals surface area (Å²) in [6, 6.07) is 11.6. The summed E-state index contributed by atoms with van der Waals surface area (Å²) in [5.74, 6) is -0.506. The van der Waals surface area contributed by atoms with E-state index in [9.17, 15) is 14.7 Å². The zero-order valence-corrected chi connectivity index (χ0v) is 14.8. The van der Waals surface area contributed by atoms with Crippen LogP contribution in [0.5, 0.6) is 11.5 Å². The van der Waals surface area contributed by atoms with E-state index in [2.05, 4.69) is 15.8 Å². The van der Waals surface area contributed by atoms with Crippen LogP contribution in [-0.2, 0) is 9.59 Å². The minimum atomic E-state index is -0.426. The predicted molar refractivity (Wildman–Crippen MR) is 99.7 cm³/mol. The normalized spacial score (nSPS) is 10.5. The van der Waals surface area contributed by atoms with Crippen LogP contribution in [0, 0.1) is 0 Å². The maximum atomic E-state index is 11.8. The van der Waals surface area contributed by atoms with Gasteiger partial charge < -0.3 is 15.2 Å². The number of carbonyl (C=O) groups is 2. The zero-order chi connectivity index (χ0) is 18.9. The molecule has 0 aliphatic carbocycles.